The molecular weight excluding hydrogens is 284 g/mol. The van der Waals surface area contributed by atoms with Crippen LogP contribution in [0.25, 0.3) is 5.70 Å². The van der Waals surface area contributed by atoms with Crippen molar-refractivity contribution in [3.8, 4) is 0 Å². The molecule has 2 aliphatic carbocycles. The third-order valence-electron chi connectivity index (χ3n) is 6.84. The molecule has 2 atom stereocenters. The van der Waals surface area contributed by atoms with E-state index >= 15 is 0 Å². The molecule has 0 bridgehead atoms. The Hall–Kier alpha value is -1.48. The monoisotopic (exact) mass is 310 g/mol. The van der Waals surface area contributed by atoms with E-state index in [0.29, 0.717) is 17.4 Å². The largest absolute Gasteiger partial charge is 0.393 e. The number of rotatable bonds is 3. The van der Waals surface area contributed by atoms with Crippen molar-refractivity contribution in [3.05, 3.63) is 41.6 Å². The highest BCUT2D eigenvalue weighted by Crippen LogP contribution is 2.58. The second-order valence-corrected chi connectivity index (χ2v) is 8.11. The zero-order valence-electron chi connectivity index (χ0n) is 13.7. The lowest BCUT2D eigenvalue weighted by molar-refractivity contribution is 0.0460. The summed E-state index contributed by atoms with van der Waals surface area (Å²) in [7, 11) is 0. The highest BCUT2D eigenvalue weighted by Gasteiger charge is 2.46. The number of aliphatic hydroxyl groups is 1. The molecule has 23 heavy (non-hydrogen) atoms. The summed E-state index contributed by atoms with van der Waals surface area (Å²) in [5.74, 6) is 0.511. The van der Waals surface area contributed by atoms with E-state index < -0.39 is 0 Å². The van der Waals surface area contributed by atoms with Gasteiger partial charge in [-0.05, 0) is 61.8 Å². The first-order valence-electron chi connectivity index (χ1n) is 9.23. The Bertz CT molecular complexity index is 639. The predicted octanol–water partition coefficient (Wildman–Crippen LogP) is 3.62. The normalized spacial score (nSPS) is 29.0. The molecule has 0 saturated heterocycles. The number of hydrogen-bond donors (Lipinski definition) is 2. The van der Waals surface area contributed by atoms with Gasteiger partial charge in [0.1, 0.15) is 0 Å². The quantitative estimate of drug-likeness (QED) is 0.895. The van der Waals surface area contributed by atoms with E-state index in [0.717, 1.165) is 13.1 Å². The van der Waals surface area contributed by atoms with E-state index in [2.05, 4.69) is 40.7 Å². The maximum Gasteiger partial charge on any atom is 0.0879 e. The molecule has 0 radical (unpaired) electrons. The molecule has 3 nitrogen and oxygen atoms in total. The Kier molecular flexibility index (Phi) is 3.03. The second kappa shape index (κ2) is 5.01. The molecule has 1 spiro atoms. The summed E-state index contributed by atoms with van der Waals surface area (Å²) in [6.45, 7) is 0.870. The van der Waals surface area contributed by atoms with Gasteiger partial charge >= 0.3 is 0 Å². The average molecular weight is 310 g/mol. The second-order valence-electron chi connectivity index (χ2n) is 8.11. The van der Waals surface area contributed by atoms with Crippen molar-refractivity contribution in [2.45, 2.75) is 57.1 Å². The topological polar surface area (TPSA) is 35.5 Å². The van der Waals surface area contributed by atoms with Crippen LogP contribution in [0.2, 0.25) is 0 Å². The van der Waals surface area contributed by atoms with E-state index in [1.807, 2.05) is 0 Å². The van der Waals surface area contributed by atoms with Gasteiger partial charge in [-0.3, -0.25) is 0 Å². The fourth-order valence-corrected chi connectivity index (χ4v) is 5.10. The fourth-order valence-electron chi connectivity index (χ4n) is 5.10. The molecule has 2 fully saturated rings. The van der Waals surface area contributed by atoms with Gasteiger partial charge in [0.2, 0.25) is 0 Å². The molecule has 1 aromatic carbocycles. The predicted molar refractivity (Wildman–Crippen MR) is 91.3 cm³/mol. The third kappa shape index (κ3) is 2.20. The van der Waals surface area contributed by atoms with Gasteiger partial charge in [0.25, 0.3) is 0 Å². The number of aliphatic hydroxyl groups excluding tert-OH is 1. The molecule has 5 rings (SSSR count). The van der Waals surface area contributed by atoms with E-state index in [4.69, 9.17) is 0 Å². The highest BCUT2D eigenvalue weighted by molar-refractivity contribution is 5.73. The van der Waals surface area contributed by atoms with Gasteiger partial charge in [0.05, 0.1) is 24.5 Å². The molecule has 0 aromatic heterocycles. The number of nitrogens with zero attached hydrogens (tertiary/aromatic N) is 1. The van der Waals surface area contributed by atoms with Gasteiger partial charge in [0, 0.05) is 11.8 Å². The first-order valence-corrected chi connectivity index (χ1v) is 9.23. The van der Waals surface area contributed by atoms with E-state index in [1.165, 1.54) is 55.3 Å². The van der Waals surface area contributed by atoms with Crippen LogP contribution < -0.4 is 5.32 Å². The number of benzene rings is 1. The van der Waals surface area contributed by atoms with Crippen LogP contribution in [-0.4, -0.2) is 22.8 Å². The van der Waals surface area contributed by atoms with Gasteiger partial charge in [-0.25, -0.2) is 0 Å². The molecule has 2 N–H and O–H groups in total. The van der Waals surface area contributed by atoms with Crippen LogP contribution in [0, 0.1) is 11.3 Å². The third-order valence-corrected chi connectivity index (χ3v) is 6.84. The molecule has 4 aliphatic rings. The van der Waals surface area contributed by atoms with Gasteiger partial charge in [0.15, 0.2) is 0 Å². The minimum atomic E-state index is -0.163. The fraction of sp³-hybridized carbons (Fsp3) is 0.600. The molecule has 3 heteroatoms. The zero-order valence-corrected chi connectivity index (χ0v) is 13.7. The maximum absolute atomic E-state index is 10.9. The lowest BCUT2D eigenvalue weighted by Gasteiger charge is -2.34. The Balaban J connectivity index is 1.33. The van der Waals surface area contributed by atoms with Crippen LogP contribution in [0.4, 0.5) is 0 Å². The van der Waals surface area contributed by atoms with Crippen LogP contribution >= 0.6 is 0 Å². The van der Waals surface area contributed by atoms with Crippen molar-refractivity contribution in [1.29, 1.82) is 0 Å². The molecule has 2 heterocycles. The molecule has 2 unspecified atom stereocenters. The van der Waals surface area contributed by atoms with Crippen molar-refractivity contribution in [2.75, 3.05) is 6.67 Å². The van der Waals surface area contributed by atoms with Crippen LogP contribution in [0.15, 0.2) is 30.5 Å². The summed E-state index contributed by atoms with van der Waals surface area (Å²) in [4.78, 5) is 2.43. The Morgan fingerprint density at radius 3 is 2.74 bits per heavy atom. The Morgan fingerprint density at radius 1 is 1.17 bits per heavy atom. The molecule has 2 saturated carbocycles. The van der Waals surface area contributed by atoms with E-state index in [1.54, 1.807) is 0 Å². The molecule has 2 aliphatic heterocycles. The average Bonchev–Trinajstić information content (AvgIpc) is 3.06. The van der Waals surface area contributed by atoms with Gasteiger partial charge in [-0.2, -0.15) is 0 Å². The Labute approximate surface area is 138 Å². The molecular formula is C20H26N2O. The zero-order chi connectivity index (χ0) is 15.4. The SMILES string of the molecule is OC(CC1c2ccccc2C2=CNCN21)C1CCC2(CC1)CC2. The summed E-state index contributed by atoms with van der Waals surface area (Å²) in [6.07, 6.45) is 10.9. The molecule has 1 aromatic rings. The lowest BCUT2D eigenvalue weighted by atomic mass is 9.76. The lowest BCUT2D eigenvalue weighted by Crippen LogP contribution is -2.32. The minimum absolute atomic E-state index is 0.163. The van der Waals surface area contributed by atoms with E-state index in [9.17, 15) is 5.11 Å². The van der Waals surface area contributed by atoms with Gasteiger partial charge in [-0.1, -0.05) is 24.3 Å². The minimum Gasteiger partial charge on any atom is -0.393 e. The molecule has 122 valence electrons. The number of hydrogen-bond acceptors (Lipinski definition) is 3. The number of nitrogens with one attached hydrogen (secondary N) is 1. The molecule has 0 amide bonds. The van der Waals surface area contributed by atoms with Crippen LogP contribution in [-0.2, 0) is 0 Å². The Morgan fingerprint density at radius 2 is 1.96 bits per heavy atom. The summed E-state index contributed by atoms with van der Waals surface area (Å²) in [5.41, 5.74) is 4.76. The van der Waals surface area contributed by atoms with Crippen molar-refractivity contribution < 1.29 is 5.11 Å². The summed E-state index contributed by atoms with van der Waals surface area (Å²) >= 11 is 0. The first-order chi connectivity index (χ1) is 11.3. The van der Waals surface area contributed by atoms with Crippen LogP contribution in [0.1, 0.15) is 62.1 Å². The maximum atomic E-state index is 10.9. The summed E-state index contributed by atoms with van der Waals surface area (Å²) in [6, 6.07) is 9.04. The summed E-state index contributed by atoms with van der Waals surface area (Å²) in [5, 5.41) is 14.3. The van der Waals surface area contributed by atoms with Crippen molar-refractivity contribution in [2.24, 2.45) is 11.3 Å². The smallest absolute Gasteiger partial charge is 0.0879 e. The van der Waals surface area contributed by atoms with Crippen molar-refractivity contribution >= 4 is 5.70 Å². The highest BCUT2D eigenvalue weighted by atomic mass is 16.3. The van der Waals surface area contributed by atoms with Crippen molar-refractivity contribution in [3.63, 3.8) is 0 Å². The van der Waals surface area contributed by atoms with E-state index in [-0.39, 0.29) is 6.10 Å². The van der Waals surface area contributed by atoms with Gasteiger partial charge < -0.3 is 15.3 Å². The standard InChI is InChI=1S/C20H26N2O/c23-19(14-5-7-20(8-6-14)9-10-20)11-17-15-3-1-2-4-16(15)18-12-21-13-22(17)18/h1-4,12,14,17,19,21,23H,5-11,13H2. The summed E-state index contributed by atoms with van der Waals surface area (Å²) < 4.78 is 0. The number of fused-ring (bicyclic) bond motifs is 3. The first kappa shape index (κ1) is 13.9. The van der Waals surface area contributed by atoms with Crippen molar-refractivity contribution in [1.82, 2.24) is 10.2 Å². The van der Waals surface area contributed by atoms with Gasteiger partial charge in [-0.15, -0.1) is 0 Å². The van der Waals surface area contributed by atoms with Crippen LogP contribution in [0.3, 0.4) is 0 Å². The van der Waals surface area contributed by atoms with Crippen LogP contribution in [0.5, 0.6) is 0 Å².